The summed E-state index contributed by atoms with van der Waals surface area (Å²) in [6.07, 6.45) is 6.14. The molecule has 0 aromatic carbocycles. The van der Waals surface area contributed by atoms with Gasteiger partial charge in [0.2, 0.25) is 0 Å². The molecule has 2 aromatic rings. The Kier molecular flexibility index (Phi) is 7.91. The Morgan fingerprint density at radius 2 is 1.91 bits per heavy atom. The SMILES string of the molecule is CS(=O)(=O)O.C[C@@H]1OCC2(CCN(c3cnc(Sc4ccnc(N)c4Cl)c(N)n3)CC2)[C@@H]1N. The maximum atomic E-state index is 9.19. The van der Waals surface area contributed by atoms with Crippen LogP contribution in [0.1, 0.15) is 19.8 Å². The van der Waals surface area contributed by atoms with E-state index in [0.717, 1.165) is 43.3 Å². The second-order valence-electron chi connectivity index (χ2n) is 8.15. The van der Waals surface area contributed by atoms with Crippen LogP contribution in [0.15, 0.2) is 28.4 Å². The fourth-order valence-electron chi connectivity index (χ4n) is 3.89. The van der Waals surface area contributed by atoms with E-state index in [1.54, 1.807) is 18.5 Å². The average molecular weight is 518 g/mol. The normalized spacial score (nSPS) is 22.2. The monoisotopic (exact) mass is 517 g/mol. The lowest BCUT2D eigenvalue weighted by Gasteiger charge is -2.41. The predicted octanol–water partition coefficient (Wildman–Crippen LogP) is 1.68. The zero-order valence-electron chi connectivity index (χ0n) is 18.3. The van der Waals surface area contributed by atoms with Crippen molar-refractivity contribution in [3.8, 4) is 0 Å². The molecule has 0 saturated carbocycles. The van der Waals surface area contributed by atoms with Crippen LogP contribution in [-0.2, 0) is 14.9 Å². The molecule has 2 saturated heterocycles. The number of piperidine rings is 1. The van der Waals surface area contributed by atoms with Crippen molar-refractivity contribution in [3.63, 3.8) is 0 Å². The minimum Gasteiger partial charge on any atom is -0.382 e. The molecule has 2 aliphatic heterocycles. The number of nitrogens with zero attached hydrogens (tertiary/aromatic N) is 4. The van der Waals surface area contributed by atoms with Crippen LogP contribution < -0.4 is 22.1 Å². The van der Waals surface area contributed by atoms with Gasteiger partial charge in [-0.2, -0.15) is 8.42 Å². The molecule has 2 aromatic heterocycles. The van der Waals surface area contributed by atoms with Gasteiger partial charge in [-0.25, -0.2) is 15.0 Å². The van der Waals surface area contributed by atoms with Crippen molar-refractivity contribution in [1.29, 1.82) is 0 Å². The molecule has 2 atom stereocenters. The summed E-state index contributed by atoms with van der Waals surface area (Å²) in [5.41, 5.74) is 18.4. The van der Waals surface area contributed by atoms with Crippen LogP contribution in [0.3, 0.4) is 0 Å². The molecular formula is C19H28ClN7O4S2. The molecule has 11 nitrogen and oxygen atoms in total. The van der Waals surface area contributed by atoms with Gasteiger partial charge in [0, 0.05) is 35.6 Å². The number of hydrogen-bond donors (Lipinski definition) is 4. The molecule has 4 rings (SSSR count). The second kappa shape index (κ2) is 10.2. The van der Waals surface area contributed by atoms with Gasteiger partial charge >= 0.3 is 0 Å². The van der Waals surface area contributed by atoms with Crippen LogP contribution in [0.2, 0.25) is 5.02 Å². The van der Waals surface area contributed by atoms with E-state index in [0.29, 0.717) is 22.1 Å². The van der Waals surface area contributed by atoms with E-state index in [9.17, 15) is 8.42 Å². The number of pyridine rings is 1. The van der Waals surface area contributed by atoms with E-state index in [1.807, 2.05) is 0 Å². The lowest BCUT2D eigenvalue weighted by atomic mass is 9.73. The highest BCUT2D eigenvalue weighted by molar-refractivity contribution is 7.99. The first-order chi connectivity index (χ1) is 15.4. The van der Waals surface area contributed by atoms with Gasteiger partial charge in [-0.3, -0.25) is 4.55 Å². The zero-order chi connectivity index (χ0) is 24.4. The number of ether oxygens (including phenoxy) is 1. The van der Waals surface area contributed by atoms with Gasteiger partial charge in [-0.15, -0.1) is 0 Å². The van der Waals surface area contributed by atoms with Crippen LogP contribution in [0.25, 0.3) is 0 Å². The average Bonchev–Trinajstić information content (AvgIpc) is 3.01. The molecule has 182 valence electrons. The van der Waals surface area contributed by atoms with E-state index >= 15 is 0 Å². The number of nitrogens with two attached hydrogens (primary N) is 3. The molecular weight excluding hydrogens is 490 g/mol. The summed E-state index contributed by atoms with van der Waals surface area (Å²) in [5, 5.41) is 0.980. The summed E-state index contributed by atoms with van der Waals surface area (Å²) in [4.78, 5) is 16.0. The van der Waals surface area contributed by atoms with Gasteiger partial charge in [0.25, 0.3) is 10.1 Å². The van der Waals surface area contributed by atoms with Gasteiger partial charge in [0.05, 0.1) is 30.2 Å². The van der Waals surface area contributed by atoms with Crippen molar-refractivity contribution in [1.82, 2.24) is 15.0 Å². The second-order valence-corrected chi connectivity index (χ2v) is 11.0. The summed E-state index contributed by atoms with van der Waals surface area (Å²) < 4.78 is 31.7. The van der Waals surface area contributed by atoms with Gasteiger partial charge in [0.1, 0.15) is 16.7 Å². The lowest BCUT2D eigenvalue weighted by molar-refractivity contribution is 0.0974. The number of nitrogen functional groups attached to an aromatic ring is 2. The van der Waals surface area contributed by atoms with Crippen LogP contribution in [-0.4, -0.2) is 66.0 Å². The molecule has 0 amide bonds. The summed E-state index contributed by atoms with van der Waals surface area (Å²) >= 11 is 7.53. The zero-order valence-corrected chi connectivity index (χ0v) is 20.7. The smallest absolute Gasteiger partial charge is 0.261 e. The van der Waals surface area contributed by atoms with Gasteiger partial charge in [0.15, 0.2) is 5.82 Å². The molecule has 1 spiro atoms. The standard InChI is InChI=1S/C18H24ClN7OS.CH4O3S/c1-10-14(20)18(9-27-10)3-6-26(7-4-18)12-8-24-17(16(22)25-12)28-11-2-5-23-15(21)13(11)19;1-5(2,3)4/h2,5,8,10,14H,3-4,6-7,9,20H2,1H3,(H2,21,23)(H2,22,25);1H3,(H,2,3,4)/t10-,14+;/m0./s1. The van der Waals surface area contributed by atoms with Gasteiger partial charge in [-0.1, -0.05) is 23.4 Å². The summed E-state index contributed by atoms with van der Waals surface area (Å²) in [7, 11) is -3.67. The highest BCUT2D eigenvalue weighted by atomic mass is 35.5. The molecule has 14 heteroatoms. The third-order valence-electron chi connectivity index (χ3n) is 5.77. The highest BCUT2D eigenvalue weighted by Crippen LogP contribution is 2.42. The van der Waals surface area contributed by atoms with Crippen LogP contribution in [0.5, 0.6) is 0 Å². The van der Waals surface area contributed by atoms with E-state index in [1.165, 1.54) is 11.8 Å². The first-order valence-electron chi connectivity index (χ1n) is 10.1. The molecule has 0 unspecified atom stereocenters. The topological polar surface area (TPSA) is 184 Å². The van der Waals surface area contributed by atoms with Crippen LogP contribution in [0, 0.1) is 5.41 Å². The predicted molar refractivity (Wildman–Crippen MR) is 129 cm³/mol. The quantitative estimate of drug-likeness (QED) is 0.432. The molecule has 2 aliphatic rings. The number of hydrogen-bond acceptors (Lipinski definition) is 11. The number of halogens is 1. The Balaban J connectivity index is 0.000000555. The Morgan fingerprint density at radius 1 is 1.27 bits per heavy atom. The number of aromatic nitrogens is 3. The van der Waals surface area contributed by atoms with Crippen molar-refractivity contribution >= 4 is 50.9 Å². The first-order valence-corrected chi connectivity index (χ1v) is 13.2. The molecule has 2 fully saturated rings. The fraction of sp³-hybridized carbons (Fsp3) is 0.526. The van der Waals surface area contributed by atoms with Crippen molar-refractivity contribution in [2.24, 2.45) is 11.1 Å². The highest BCUT2D eigenvalue weighted by Gasteiger charge is 2.47. The third-order valence-corrected chi connectivity index (χ3v) is 7.35. The van der Waals surface area contributed by atoms with E-state index in [4.69, 9.17) is 38.1 Å². The number of anilines is 3. The van der Waals surface area contributed by atoms with Crippen molar-refractivity contribution in [3.05, 3.63) is 23.5 Å². The fourth-order valence-corrected chi connectivity index (χ4v) is 4.91. The van der Waals surface area contributed by atoms with E-state index < -0.39 is 10.1 Å². The third kappa shape index (κ3) is 6.37. The maximum absolute atomic E-state index is 9.19. The van der Waals surface area contributed by atoms with Crippen LogP contribution >= 0.6 is 23.4 Å². The molecule has 4 heterocycles. The molecule has 0 bridgehead atoms. The molecule has 7 N–H and O–H groups in total. The van der Waals surface area contributed by atoms with Crippen molar-refractivity contribution in [2.45, 2.75) is 41.8 Å². The Bertz CT molecular complexity index is 1090. The van der Waals surface area contributed by atoms with E-state index in [2.05, 4.69) is 26.8 Å². The summed E-state index contributed by atoms with van der Waals surface area (Å²) in [5.74, 6) is 1.42. The first kappa shape index (κ1) is 25.7. The Hall–Kier alpha value is -1.90. The van der Waals surface area contributed by atoms with Crippen LogP contribution in [0.4, 0.5) is 17.5 Å². The lowest BCUT2D eigenvalue weighted by Crippen LogP contribution is -2.50. The molecule has 33 heavy (non-hydrogen) atoms. The maximum Gasteiger partial charge on any atom is 0.261 e. The Labute approximate surface area is 202 Å². The minimum atomic E-state index is -3.67. The van der Waals surface area contributed by atoms with Gasteiger partial charge < -0.3 is 26.8 Å². The molecule has 0 aliphatic carbocycles. The summed E-state index contributed by atoms with van der Waals surface area (Å²) in [6.45, 7) is 4.51. The van der Waals surface area contributed by atoms with Gasteiger partial charge in [-0.05, 0) is 25.8 Å². The summed E-state index contributed by atoms with van der Waals surface area (Å²) in [6, 6.07) is 1.86. The van der Waals surface area contributed by atoms with Crippen molar-refractivity contribution in [2.75, 3.05) is 42.3 Å². The van der Waals surface area contributed by atoms with Crippen molar-refractivity contribution < 1.29 is 17.7 Å². The van der Waals surface area contributed by atoms with E-state index in [-0.39, 0.29) is 23.4 Å². The Morgan fingerprint density at radius 3 is 2.45 bits per heavy atom. The number of rotatable bonds is 3. The minimum absolute atomic E-state index is 0.0721. The largest absolute Gasteiger partial charge is 0.382 e. The molecule has 0 radical (unpaired) electrons.